The number of para-hydroxylation sites is 2. The molecule has 0 radical (unpaired) electrons. The number of aromatic amines is 2. The van der Waals surface area contributed by atoms with Gasteiger partial charge in [-0.1, -0.05) is 79.2 Å². The summed E-state index contributed by atoms with van der Waals surface area (Å²) >= 11 is 3.31. The lowest BCUT2D eigenvalue weighted by molar-refractivity contribution is 0.0968. The summed E-state index contributed by atoms with van der Waals surface area (Å²) in [6, 6.07) is 46.2. The van der Waals surface area contributed by atoms with Gasteiger partial charge in [0.1, 0.15) is 18.2 Å². The molecule has 16 rings (SSSR count). The Morgan fingerprint density at radius 3 is 1.06 bits per heavy atom. The number of nitrogens with one attached hydrogen (secondary N) is 4. The maximum atomic E-state index is 5.07. The minimum Gasteiger partial charge on any atom is -0.473 e. The molecule has 17 nitrogen and oxygen atoms in total. The van der Waals surface area contributed by atoms with Crippen molar-refractivity contribution in [3.63, 3.8) is 0 Å². The minimum absolute atomic E-state index is 0.845. The summed E-state index contributed by atoms with van der Waals surface area (Å²) in [7, 11) is 0. The number of pyridine rings is 2. The number of thiophene rings is 1. The second kappa shape index (κ2) is 65.5. The number of piperidine rings is 1. The van der Waals surface area contributed by atoms with E-state index in [9.17, 15) is 0 Å². The average molecular weight is 1200 g/mol. The Labute approximate surface area is 517 Å². The number of oxazole rings is 1. The van der Waals surface area contributed by atoms with Crippen LogP contribution in [0.2, 0.25) is 0 Å². The maximum Gasteiger partial charge on any atom is 0.181 e. The molecule has 10 aromatic heterocycles. The van der Waals surface area contributed by atoms with E-state index in [1.54, 1.807) is 127 Å². The molecule has 0 saturated carbocycles. The van der Waals surface area contributed by atoms with Gasteiger partial charge >= 0.3 is 0 Å². The molecule has 0 unspecified atom stereocenters. The SMILES string of the molecule is C1CCNC1.C1CCNCC1.C1CCOC1.C1CCOCC1.c1c[nH]cn1.c1cc[nH]c1.c1ccc2ocnc2c1.c1ccccc1.c1ccncc1.c1ccncc1.c1ccoc1.c1ccsc1.c1cncnc1.c1cncnc1.c1cscn1. The van der Waals surface area contributed by atoms with Crippen molar-refractivity contribution in [2.24, 2.45) is 0 Å². The number of H-pyrrole nitrogens is 2. The summed E-state index contributed by atoms with van der Waals surface area (Å²) in [5.41, 5.74) is 3.55. The van der Waals surface area contributed by atoms with E-state index in [1.165, 1.54) is 109 Å². The smallest absolute Gasteiger partial charge is 0.181 e. The van der Waals surface area contributed by atoms with E-state index in [4.69, 9.17) is 13.9 Å². The Kier molecular flexibility index (Phi) is 55.9. The van der Waals surface area contributed by atoms with E-state index in [1.807, 2.05) is 162 Å². The van der Waals surface area contributed by atoms with Crippen molar-refractivity contribution in [1.29, 1.82) is 0 Å². The highest BCUT2D eigenvalue weighted by Gasteiger charge is 1.96. The number of furan rings is 1. The minimum atomic E-state index is 0.845. The number of hydrogen-bond acceptors (Lipinski definition) is 17. The molecule has 12 aromatic rings. The van der Waals surface area contributed by atoms with Gasteiger partial charge in [0.2, 0.25) is 0 Å². The predicted octanol–water partition coefficient (Wildman–Crippen LogP) is 15.3. The van der Waals surface area contributed by atoms with E-state index in [-0.39, 0.29) is 0 Å². The number of fused-ring (bicyclic) bond motifs is 1. The van der Waals surface area contributed by atoms with E-state index in [2.05, 4.69) is 69.9 Å². The van der Waals surface area contributed by atoms with Gasteiger partial charge < -0.3 is 38.9 Å². The van der Waals surface area contributed by atoms with Gasteiger partial charge in [-0.15, -0.1) is 11.3 Å². The summed E-state index contributed by atoms with van der Waals surface area (Å²) in [6.07, 6.45) is 45.5. The first kappa shape index (κ1) is 73.4. The van der Waals surface area contributed by atoms with Crippen LogP contribution in [0.3, 0.4) is 0 Å². The van der Waals surface area contributed by atoms with Crippen LogP contribution in [0.25, 0.3) is 11.1 Å². The van der Waals surface area contributed by atoms with E-state index < -0.39 is 0 Å². The summed E-state index contributed by atoms with van der Waals surface area (Å²) < 4.78 is 19.6. The normalized spacial score (nSPS) is 12.3. The number of benzene rings is 2. The maximum absolute atomic E-state index is 5.07. The number of thiazole rings is 1. The molecule has 0 amide bonds. The molecule has 0 aliphatic carbocycles. The van der Waals surface area contributed by atoms with E-state index in [0.29, 0.717) is 0 Å². The molecule has 4 aliphatic rings. The quantitative estimate of drug-likeness (QED) is 0.111. The second-order valence-corrected chi connectivity index (χ2v) is 18.6. The monoisotopic (exact) mass is 1200 g/mol. The van der Waals surface area contributed by atoms with Gasteiger partial charge in [0.05, 0.1) is 24.4 Å². The first-order chi connectivity index (χ1) is 43.0. The Bertz CT molecular complexity index is 2190. The third kappa shape index (κ3) is 57.1. The lowest BCUT2D eigenvalue weighted by atomic mass is 10.2. The fourth-order valence-electron chi connectivity index (χ4n) is 6.07. The molecule has 456 valence electrons. The standard InChI is InChI=1S/C7H5NO.C6H6.C5H11N.2C5H5N.C5H10O.2C4H4N2.C4H9N.C4H5N.C4H8O.C4H4O.C4H4S.C3H4N2.C3H3NS/c1-2-4-7-6(3-1)8-5-9-7;5*1-2-4-6-5-3-1;2*1-2-5-4-6-3-1;5*1-2-4-5-3-1;2*1-2-5-3-4-1/h1-5H;1-6H;6H,1-5H2;2*1-5H;1-5H2;2*1-4H;5H,1-4H2;1-5H;1-4H2;2*1-4H;1-3H,(H,4,5);1-3H. The van der Waals surface area contributed by atoms with Gasteiger partial charge in [-0.25, -0.2) is 29.9 Å². The molecule has 0 spiro atoms. The molecule has 19 heteroatoms. The zero-order valence-electron chi connectivity index (χ0n) is 49.3. The number of imidazole rings is 1. The highest BCUT2D eigenvalue weighted by molar-refractivity contribution is 7.07. The zero-order valence-corrected chi connectivity index (χ0v) is 51.0. The summed E-state index contributed by atoms with van der Waals surface area (Å²) in [5, 5.41) is 12.5. The van der Waals surface area contributed by atoms with Crippen LogP contribution >= 0.6 is 22.7 Å². The van der Waals surface area contributed by atoms with Crippen LogP contribution in [0.4, 0.5) is 0 Å². The fourth-order valence-corrected chi connectivity index (χ4v) is 6.87. The Morgan fingerprint density at radius 1 is 0.349 bits per heavy atom. The number of ether oxygens (including phenoxy) is 2. The van der Waals surface area contributed by atoms with E-state index >= 15 is 0 Å². The van der Waals surface area contributed by atoms with Crippen molar-refractivity contribution in [3.8, 4) is 0 Å². The zero-order chi connectivity index (χ0) is 60.6. The molecular weight excluding hydrogens is 1110 g/mol. The van der Waals surface area contributed by atoms with Gasteiger partial charge in [-0.05, 0) is 168 Å². The molecule has 2 aromatic carbocycles. The number of hydrogen-bond donors (Lipinski definition) is 4. The Balaban J connectivity index is 0.000000315. The predicted molar refractivity (Wildman–Crippen MR) is 351 cm³/mol. The molecule has 86 heavy (non-hydrogen) atoms. The lowest BCUT2D eigenvalue weighted by Crippen LogP contribution is -2.21. The van der Waals surface area contributed by atoms with Crippen molar-refractivity contribution in [2.45, 2.75) is 64.2 Å². The highest BCUT2D eigenvalue weighted by Crippen LogP contribution is 2.09. The molecule has 4 aliphatic heterocycles. The van der Waals surface area contributed by atoms with Gasteiger partial charge in [0.15, 0.2) is 12.0 Å². The van der Waals surface area contributed by atoms with Gasteiger partial charge in [-0.3, -0.25) is 15.0 Å². The molecule has 14 heterocycles. The van der Waals surface area contributed by atoms with Crippen LogP contribution in [0.15, 0.2) is 295 Å². The van der Waals surface area contributed by atoms with Crippen LogP contribution in [0.1, 0.15) is 64.2 Å². The van der Waals surface area contributed by atoms with Crippen molar-refractivity contribution < 1.29 is 18.3 Å². The largest absolute Gasteiger partial charge is 0.473 e. The van der Waals surface area contributed by atoms with Crippen molar-refractivity contribution in [3.05, 3.63) is 286 Å². The fraction of sp³-hybridized carbons (Fsp3) is 0.269. The molecule has 4 fully saturated rings. The highest BCUT2D eigenvalue weighted by atomic mass is 32.1. The van der Waals surface area contributed by atoms with Crippen LogP contribution in [-0.4, -0.2) is 107 Å². The van der Waals surface area contributed by atoms with Crippen molar-refractivity contribution >= 4 is 33.8 Å². The first-order valence-electron chi connectivity index (χ1n) is 28.7. The van der Waals surface area contributed by atoms with Crippen LogP contribution in [0.5, 0.6) is 0 Å². The average Bonchev–Trinajstić information content (AvgIpc) is 4.65. The van der Waals surface area contributed by atoms with Crippen LogP contribution in [-0.2, 0) is 9.47 Å². The number of aromatic nitrogens is 11. The van der Waals surface area contributed by atoms with Gasteiger partial charge in [0.25, 0.3) is 0 Å². The summed E-state index contributed by atoms with van der Waals surface area (Å²) in [6.45, 7) is 9.00. The van der Waals surface area contributed by atoms with Crippen LogP contribution in [0, 0.1) is 0 Å². The lowest BCUT2D eigenvalue weighted by Gasteiger charge is -2.08. The Hall–Kier alpha value is -8.69. The summed E-state index contributed by atoms with van der Waals surface area (Å²) in [5.74, 6) is 0. The van der Waals surface area contributed by atoms with E-state index in [0.717, 1.165) is 37.5 Å². The third-order valence-corrected chi connectivity index (χ3v) is 11.3. The number of rotatable bonds is 0. The molecule has 4 N–H and O–H groups in total. The molecule has 0 bridgehead atoms. The van der Waals surface area contributed by atoms with Crippen molar-refractivity contribution in [1.82, 2.24) is 65.5 Å². The second-order valence-electron chi connectivity index (χ2n) is 17.0. The topological polar surface area (TPSA) is 216 Å². The van der Waals surface area contributed by atoms with Gasteiger partial charge in [-0.2, -0.15) is 11.3 Å². The molecule has 0 atom stereocenters. The molecule has 4 saturated heterocycles. The number of nitrogens with zero attached hydrogens (tertiary/aromatic N) is 9. The van der Waals surface area contributed by atoms with Crippen LogP contribution < -0.4 is 10.6 Å². The van der Waals surface area contributed by atoms with Gasteiger partial charge in [0, 0.05) is 112 Å². The Morgan fingerprint density at radius 2 is 0.826 bits per heavy atom. The summed E-state index contributed by atoms with van der Waals surface area (Å²) in [4.78, 5) is 39.2. The third-order valence-electron chi connectivity index (χ3n) is 10.2. The first-order valence-corrected chi connectivity index (χ1v) is 30.6. The van der Waals surface area contributed by atoms with Crippen molar-refractivity contribution in [2.75, 3.05) is 52.6 Å². The molecular formula is C67H87N13O4S2.